The van der Waals surface area contributed by atoms with Crippen molar-refractivity contribution in [2.24, 2.45) is 0 Å². The van der Waals surface area contributed by atoms with Gasteiger partial charge < -0.3 is 5.32 Å². The van der Waals surface area contributed by atoms with Gasteiger partial charge in [0.15, 0.2) is 0 Å². The van der Waals surface area contributed by atoms with E-state index in [9.17, 15) is 10.1 Å². The third-order valence-electron chi connectivity index (χ3n) is 2.36. The van der Waals surface area contributed by atoms with Crippen LogP contribution in [0.1, 0.15) is 11.5 Å². The Morgan fingerprint density at radius 3 is 2.94 bits per heavy atom. The average molecular weight is 244 g/mol. The van der Waals surface area contributed by atoms with Crippen molar-refractivity contribution in [1.82, 2.24) is 9.97 Å². The minimum absolute atomic E-state index is 0.0684. The second-order valence-corrected chi connectivity index (χ2v) is 3.76. The number of hydrogen-bond acceptors (Lipinski definition) is 5. The molecule has 1 heterocycles. The Labute approximate surface area is 104 Å². The lowest BCUT2D eigenvalue weighted by Gasteiger charge is -2.05. The van der Waals surface area contributed by atoms with Crippen molar-refractivity contribution in [2.75, 3.05) is 5.32 Å². The van der Waals surface area contributed by atoms with Gasteiger partial charge in [0.05, 0.1) is 17.2 Å². The van der Waals surface area contributed by atoms with Crippen LogP contribution in [0.15, 0.2) is 36.5 Å². The second-order valence-electron chi connectivity index (χ2n) is 3.76. The van der Waals surface area contributed by atoms with Gasteiger partial charge in [0.2, 0.25) is 0 Å². The lowest BCUT2D eigenvalue weighted by molar-refractivity contribution is -0.384. The summed E-state index contributed by atoms with van der Waals surface area (Å²) in [5.74, 6) is 0.702. The molecule has 0 aliphatic carbocycles. The molecule has 0 radical (unpaired) electrons. The molecule has 2 aromatic rings. The topological polar surface area (TPSA) is 81.0 Å². The molecule has 1 N–H and O–H groups in total. The van der Waals surface area contributed by atoms with Crippen LogP contribution >= 0.6 is 0 Å². The maximum Gasteiger partial charge on any atom is 0.271 e. The van der Waals surface area contributed by atoms with Crippen molar-refractivity contribution in [3.63, 3.8) is 0 Å². The highest BCUT2D eigenvalue weighted by Gasteiger charge is 2.05. The highest BCUT2D eigenvalue weighted by Crippen LogP contribution is 2.17. The van der Waals surface area contributed by atoms with Gasteiger partial charge in [-0.25, -0.2) is 9.97 Å². The molecule has 6 nitrogen and oxygen atoms in total. The Balaban J connectivity index is 2.06. The minimum atomic E-state index is -0.417. The maximum absolute atomic E-state index is 10.6. The largest absolute Gasteiger partial charge is 0.379 e. The van der Waals surface area contributed by atoms with E-state index in [2.05, 4.69) is 15.3 Å². The number of non-ortho nitro benzene ring substituents is 1. The number of rotatable bonds is 4. The number of aryl methyl sites for hydroxylation is 1. The number of nitro benzene ring substituents is 1. The van der Waals surface area contributed by atoms with E-state index in [4.69, 9.17) is 0 Å². The first-order valence-electron chi connectivity index (χ1n) is 5.42. The number of aromatic nitrogens is 2. The molecule has 92 valence electrons. The van der Waals surface area contributed by atoms with Crippen molar-refractivity contribution in [2.45, 2.75) is 13.5 Å². The number of nitro groups is 1. The molecule has 0 bridgehead atoms. The monoisotopic (exact) mass is 244 g/mol. The van der Waals surface area contributed by atoms with Gasteiger partial charge in [0.25, 0.3) is 5.69 Å². The zero-order valence-corrected chi connectivity index (χ0v) is 9.83. The molecule has 1 aromatic heterocycles. The van der Waals surface area contributed by atoms with E-state index in [1.807, 2.05) is 6.92 Å². The van der Waals surface area contributed by atoms with E-state index in [-0.39, 0.29) is 5.69 Å². The molecule has 0 aliphatic rings. The van der Waals surface area contributed by atoms with Crippen molar-refractivity contribution >= 4 is 11.4 Å². The molecule has 0 unspecified atom stereocenters. The van der Waals surface area contributed by atoms with Crippen LogP contribution in [-0.4, -0.2) is 14.9 Å². The second kappa shape index (κ2) is 5.22. The Kier molecular flexibility index (Phi) is 3.47. The molecule has 0 atom stereocenters. The first-order valence-corrected chi connectivity index (χ1v) is 5.42. The Morgan fingerprint density at radius 2 is 2.22 bits per heavy atom. The van der Waals surface area contributed by atoms with Crippen LogP contribution < -0.4 is 5.32 Å². The Bertz CT molecular complexity index is 572. The SMILES string of the molecule is Cc1nccc(CNc2cccc([N+](=O)[O-])c2)n1. The molecular weight excluding hydrogens is 232 g/mol. The number of benzene rings is 1. The number of anilines is 1. The van der Waals surface area contributed by atoms with Gasteiger partial charge >= 0.3 is 0 Å². The highest BCUT2D eigenvalue weighted by atomic mass is 16.6. The summed E-state index contributed by atoms with van der Waals surface area (Å²) in [6.45, 7) is 2.32. The molecule has 0 saturated carbocycles. The maximum atomic E-state index is 10.6. The Hall–Kier alpha value is -2.50. The summed E-state index contributed by atoms with van der Waals surface area (Å²) < 4.78 is 0. The molecule has 0 saturated heterocycles. The zero-order chi connectivity index (χ0) is 13.0. The number of nitrogens with one attached hydrogen (secondary N) is 1. The van der Waals surface area contributed by atoms with Crippen molar-refractivity contribution in [3.8, 4) is 0 Å². The van der Waals surface area contributed by atoms with E-state index >= 15 is 0 Å². The molecule has 0 amide bonds. The summed E-state index contributed by atoms with van der Waals surface area (Å²) in [7, 11) is 0. The summed E-state index contributed by atoms with van der Waals surface area (Å²) in [6, 6.07) is 8.18. The summed E-state index contributed by atoms with van der Waals surface area (Å²) in [5.41, 5.74) is 1.60. The number of hydrogen-bond donors (Lipinski definition) is 1. The van der Waals surface area contributed by atoms with Crippen molar-refractivity contribution in [1.29, 1.82) is 0 Å². The lowest BCUT2D eigenvalue weighted by Crippen LogP contribution is -2.03. The van der Waals surface area contributed by atoms with Gasteiger partial charge in [0.1, 0.15) is 5.82 Å². The van der Waals surface area contributed by atoms with E-state index in [0.29, 0.717) is 18.1 Å². The van der Waals surface area contributed by atoms with E-state index < -0.39 is 4.92 Å². The standard InChI is InChI=1S/C12H12N4O2/c1-9-13-6-5-11(15-9)8-14-10-3-2-4-12(7-10)16(17)18/h2-7,14H,8H2,1H3. The number of nitrogens with zero attached hydrogens (tertiary/aromatic N) is 3. The van der Waals surface area contributed by atoms with Gasteiger partial charge in [-0.3, -0.25) is 10.1 Å². The Morgan fingerprint density at radius 1 is 1.39 bits per heavy atom. The van der Waals surface area contributed by atoms with Gasteiger partial charge in [-0.1, -0.05) is 6.07 Å². The first kappa shape index (κ1) is 12.0. The van der Waals surface area contributed by atoms with E-state index in [1.165, 1.54) is 12.1 Å². The molecule has 1 aromatic carbocycles. The van der Waals surface area contributed by atoms with Gasteiger partial charge in [0, 0.05) is 24.0 Å². The minimum Gasteiger partial charge on any atom is -0.379 e. The van der Waals surface area contributed by atoms with Crippen molar-refractivity contribution < 1.29 is 4.92 Å². The highest BCUT2D eigenvalue weighted by molar-refractivity contribution is 5.50. The molecule has 18 heavy (non-hydrogen) atoms. The van der Waals surface area contributed by atoms with Crippen molar-refractivity contribution in [3.05, 3.63) is 58.2 Å². The van der Waals surface area contributed by atoms with Crippen LogP contribution in [0.3, 0.4) is 0 Å². The first-order chi connectivity index (χ1) is 8.65. The van der Waals surface area contributed by atoms with E-state index in [0.717, 1.165) is 5.69 Å². The summed E-state index contributed by atoms with van der Waals surface area (Å²) in [5, 5.41) is 13.7. The normalized spacial score (nSPS) is 10.1. The summed E-state index contributed by atoms with van der Waals surface area (Å²) in [4.78, 5) is 18.5. The zero-order valence-electron chi connectivity index (χ0n) is 9.83. The summed E-state index contributed by atoms with van der Waals surface area (Å²) >= 11 is 0. The van der Waals surface area contributed by atoms with Gasteiger partial charge in [-0.05, 0) is 19.1 Å². The molecule has 0 fully saturated rings. The van der Waals surface area contributed by atoms with Gasteiger partial charge in [-0.2, -0.15) is 0 Å². The fourth-order valence-corrected chi connectivity index (χ4v) is 1.53. The average Bonchev–Trinajstić information content (AvgIpc) is 2.37. The smallest absolute Gasteiger partial charge is 0.271 e. The lowest BCUT2D eigenvalue weighted by atomic mass is 10.2. The summed E-state index contributed by atoms with van der Waals surface area (Å²) in [6.07, 6.45) is 1.69. The van der Waals surface area contributed by atoms with E-state index in [1.54, 1.807) is 24.4 Å². The quantitative estimate of drug-likeness (QED) is 0.659. The molecular formula is C12H12N4O2. The van der Waals surface area contributed by atoms with Crippen LogP contribution in [0.2, 0.25) is 0 Å². The van der Waals surface area contributed by atoms with Crippen LogP contribution in [-0.2, 0) is 6.54 Å². The predicted octanol–water partition coefficient (Wildman–Crippen LogP) is 2.31. The van der Waals surface area contributed by atoms with Crippen LogP contribution in [0.25, 0.3) is 0 Å². The molecule has 0 aliphatic heterocycles. The molecule has 0 spiro atoms. The van der Waals surface area contributed by atoms with Gasteiger partial charge in [-0.15, -0.1) is 0 Å². The van der Waals surface area contributed by atoms with Crippen LogP contribution in [0.5, 0.6) is 0 Å². The van der Waals surface area contributed by atoms with Crippen LogP contribution in [0.4, 0.5) is 11.4 Å². The predicted molar refractivity (Wildman–Crippen MR) is 67.2 cm³/mol. The fraction of sp³-hybridized carbons (Fsp3) is 0.167. The third-order valence-corrected chi connectivity index (χ3v) is 2.36. The fourth-order valence-electron chi connectivity index (χ4n) is 1.53. The molecule has 6 heteroatoms. The van der Waals surface area contributed by atoms with Crippen LogP contribution in [0, 0.1) is 17.0 Å². The molecule has 2 rings (SSSR count). The third kappa shape index (κ3) is 3.00.